The molecule has 0 atom stereocenters. The molecule has 4 rings (SSSR count). The zero-order valence-electron chi connectivity index (χ0n) is 29.9. The molecule has 54 heavy (non-hydrogen) atoms. The van der Waals surface area contributed by atoms with Crippen molar-refractivity contribution in [2.75, 3.05) is 39.3 Å². The predicted octanol–water partition coefficient (Wildman–Crippen LogP) is 7.25. The molecule has 0 saturated carbocycles. The minimum absolute atomic E-state index is 0. The van der Waals surface area contributed by atoms with Gasteiger partial charge in [0.2, 0.25) is 0 Å². The molecule has 7 N–H and O–H groups in total. The van der Waals surface area contributed by atoms with Crippen LogP contribution in [-0.2, 0) is 46.5 Å². The molecule has 18 heteroatoms. The monoisotopic (exact) mass is 959 g/mol. The number of carbonyl (C=O) groups excluding carboxylic acids is 2. The fourth-order valence-corrected chi connectivity index (χ4v) is 4.36. The van der Waals surface area contributed by atoms with Gasteiger partial charge in [-0.25, -0.2) is 0 Å². The summed E-state index contributed by atoms with van der Waals surface area (Å²) in [6.07, 6.45) is 10.3. The van der Waals surface area contributed by atoms with Crippen LogP contribution in [0.15, 0.2) is 56.4 Å². The van der Waals surface area contributed by atoms with Gasteiger partial charge in [0.05, 0.1) is 11.1 Å². The van der Waals surface area contributed by atoms with E-state index >= 15 is 0 Å². The number of nitrogens with two attached hydrogens (primary N) is 2. The van der Waals surface area contributed by atoms with Crippen LogP contribution in [0.5, 0.6) is 17.2 Å². The molecular weight excluding hydrogens is 915 g/mol. The molecule has 1 heterocycles. The molecule has 0 amide bonds. The van der Waals surface area contributed by atoms with Gasteiger partial charge in [-0.05, 0) is 106 Å². The van der Waals surface area contributed by atoms with E-state index in [-0.39, 0.29) is 61.9 Å². The largest absolute Gasteiger partial charge is 0 e. The third-order valence-electron chi connectivity index (χ3n) is 6.67. The van der Waals surface area contributed by atoms with E-state index in [2.05, 4.69) is 41.7 Å². The minimum atomic E-state index is -0.245. The van der Waals surface area contributed by atoms with Gasteiger partial charge in [-0.15, -0.1) is 0 Å². The third-order valence-corrected chi connectivity index (χ3v) is 6.67. The molecular formula is C36H46Cl4Co3N6O5. The molecule has 0 aromatic heterocycles. The average Bonchev–Trinajstić information content (AvgIpc) is 3.13. The number of phenols is 3. The van der Waals surface area contributed by atoms with Crippen LogP contribution in [0.1, 0.15) is 78.9 Å². The second-order valence-electron chi connectivity index (χ2n) is 10.9. The van der Waals surface area contributed by atoms with Crippen molar-refractivity contribution in [3.05, 3.63) is 86.5 Å². The number of halogens is 4. The first-order valence-corrected chi connectivity index (χ1v) is 19.9. The van der Waals surface area contributed by atoms with Gasteiger partial charge in [0.25, 0.3) is 0 Å². The normalized spacial score (nSPS) is 11.9. The first-order valence-electron chi connectivity index (χ1n) is 15.8. The Hall–Kier alpha value is -2.32. The Bertz CT molecular complexity index is 1470. The smallest absolute Gasteiger partial charge is 0 e. The Morgan fingerprint density at radius 1 is 0.593 bits per heavy atom. The zero-order chi connectivity index (χ0) is 39.3. The van der Waals surface area contributed by atoms with Gasteiger partial charge in [-0.3, -0.25) is 29.6 Å². The van der Waals surface area contributed by atoms with Gasteiger partial charge in [0, 0.05) is 129 Å². The summed E-state index contributed by atoms with van der Waals surface area (Å²) in [7, 11) is 17.7. The molecule has 0 unspecified atom stereocenters. The fourth-order valence-electron chi connectivity index (χ4n) is 4.36. The quantitative estimate of drug-likeness (QED) is 0.170. The van der Waals surface area contributed by atoms with Crippen molar-refractivity contribution in [1.29, 1.82) is 0 Å². The van der Waals surface area contributed by atoms with Crippen molar-refractivity contribution < 1.29 is 71.4 Å². The first kappa shape index (κ1) is 56.0. The summed E-state index contributed by atoms with van der Waals surface area (Å²) in [4.78, 5) is 38.4. The Labute approximate surface area is 362 Å². The van der Waals surface area contributed by atoms with Crippen molar-refractivity contribution in [1.82, 2.24) is 0 Å². The summed E-state index contributed by atoms with van der Waals surface area (Å²) in [6, 6.07) is 10.7. The number of phenolic OH excluding ortho intramolecular Hbond substituents is 3. The van der Waals surface area contributed by atoms with Crippen LogP contribution in [-0.4, -0.2) is 92.0 Å². The molecule has 0 fully saturated rings. The van der Waals surface area contributed by atoms with E-state index < -0.39 is 0 Å². The molecule has 3 aromatic carbocycles. The number of rotatable bonds is 4. The van der Waals surface area contributed by atoms with Crippen LogP contribution in [0.3, 0.4) is 0 Å². The van der Waals surface area contributed by atoms with Crippen molar-refractivity contribution >= 4 is 79.4 Å². The second-order valence-corrected chi connectivity index (χ2v) is 12.7. The molecule has 1 aliphatic heterocycles. The molecule has 0 spiro atoms. The number of aliphatic imine (C=N–C) groups is 4. The van der Waals surface area contributed by atoms with Crippen LogP contribution >= 0.6 is 42.0 Å². The van der Waals surface area contributed by atoms with E-state index in [9.17, 15) is 24.9 Å². The van der Waals surface area contributed by atoms with Crippen LogP contribution in [0, 0.1) is 20.8 Å². The number of aromatic hydroxyl groups is 3. The first-order chi connectivity index (χ1) is 25.1. The van der Waals surface area contributed by atoms with Crippen molar-refractivity contribution in [2.45, 2.75) is 40.0 Å². The zero-order valence-corrected chi connectivity index (χ0v) is 36.1. The Morgan fingerprint density at radius 2 is 0.852 bits per heavy atom. The van der Waals surface area contributed by atoms with Gasteiger partial charge >= 0.3 is 33.2 Å². The number of hydrogen-bond acceptors (Lipinski definition) is 11. The number of carbonyl (C=O) groups is 2. The number of fused-ring (bicyclic) bond motifs is 4. The van der Waals surface area contributed by atoms with E-state index in [1.54, 1.807) is 31.8 Å². The Kier molecular flexibility index (Phi) is 36.4. The fraction of sp³-hybridized carbons (Fsp3) is 0.333. The summed E-state index contributed by atoms with van der Waals surface area (Å²) < 4.78 is 0. The van der Waals surface area contributed by atoms with Crippen LogP contribution in [0.4, 0.5) is 0 Å². The Morgan fingerprint density at radius 3 is 1.07 bits per heavy atom. The van der Waals surface area contributed by atoms with Crippen LogP contribution < -0.4 is 11.5 Å². The maximum atomic E-state index is 10.5. The standard InChI is InChI=1S/C24H28N4O2.C9H8O3.C3H10N2.Cl2.2ClH.3Co/c1-17-9-19-13-25-5-3-7-27-15-21-11-18(2)12-22(24(21)30)16-28-8-4-6-26-14-20(10-17)23(19)29;1-6-2-7(4-10)9(12)8(3-6)5-11;4-2-1-3-5;1-2;;;;;/h9-16,29-30H,3-8H2,1-2H3;2-5,12H,1H3;1-5H2;;2*1H;;;/q;;;;;;;;+2/p-2. The number of nitrogens with zero attached hydrogens (tertiary/aromatic N) is 4. The van der Waals surface area contributed by atoms with Crippen molar-refractivity contribution in [3.8, 4) is 17.2 Å². The van der Waals surface area contributed by atoms with E-state index in [0.29, 0.717) is 73.9 Å². The van der Waals surface area contributed by atoms with E-state index in [4.69, 9.17) is 31.8 Å². The minimum Gasteiger partial charge on any atom is 0 e. The topological polar surface area (TPSA) is 196 Å². The van der Waals surface area contributed by atoms with Gasteiger partial charge in [-0.1, -0.05) is 0 Å². The third kappa shape index (κ3) is 22.9. The summed E-state index contributed by atoms with van der Waals surface area (Å²) >= 11 is 0.382. The molecule has 11 nitrogen and oxygen atoms in total. The molecule has 4 bridgehead atoms. The van der Waals surface area contributed by atoms with Gasteiger partial charge in [0.15, 0.2) is 12.6 Å². The molecule has 2 radical (unpaired) electrons. The maximum absolute atomic E-state index is 10.5. The number of benzene rings is 3. The van der Waals surface area contributed by atoms with E-state index in [0.717, 1.165) is 49.0 Å². The molecule has 3 aromatic rings. The van der Waals surface area contributed by atoms with Crippen molar-refractivity contribution in [3.63, 3.8) is 0 Å². The second kappa shape index (κ2) is 35.1. The summed E-state index contributed by atoms with van der Waals surface area (Å²) in [5.41, 5.74) is 16.0. The molecule has 0 aliphatic carbocycles. The van der Waals surface area contributed by atoms with E-state index in [1.807, 2.05) is 38.1 Å². The van der Waals surface area contributed by atoms with Crippen molar-refractivity contribution in [2.24, 2.45) is 31.4 Å². The molecule has 0 saturated heterocycles. The Balaban J connectivity index is -0.000000897. The van der Waals surface area contributed by atoms with Crippen LogP contribution in [0.2, 0.25) is 0 Å². The van der Waals surface area contributed by atoms with Gasteiger partial charge in [0.1, 0.15) is 17.2 Å². The summed E-state index contributed by atoms with van der Waals surface area (Å²) in [5.74, 6) is 0.149. The SMILES string of the molecule is Cc1cc(C=O)c(O)c(C=O)c1.Cc1cc2c(O)c(c1)C=NCCCN=Cc1cc(C)cc(c1O)C=NCCCN=C2.ClCl.NCCCN.[Cl][Co][Cl].[Co].[Co]. The van der Waals surface area contributed by atoms with Gasteiger partial charge < -0.3 is 26.8 Å². The molecule has 305 valence electrons. The number of hydrogen-bond donors (Lipinski definition) is 5. The molecule has 1 aliphatic rings. The maximum Gasteiger partial charge on any atom is 0 e. The number of aryl methyl sites for hydroxylation is 3. The average molecular weight is 961 g/mol. The summed E-state index contributed by atoms with van der Waals surface area (Å²) in [6.45, 7) is 9.57. The van der Waals surface area contributed by atoms with Gasteiger partial charge in [-0.2, -0.15) is 0 Å². The number of aldehydes is 2. The van der Waals surface area contributed by atoms with E-state index in [1.165, 1.54) is 12.1 Å². The summed E-state index contributed by atoms with van der Waals surface area (Å²) in [5, 5.41) is 30.3. The van der Waals surface area contributed by atoms with Crippen LogP contribution in [0.25, 0.3) is 0 Å². The predicted molar refractivity (Wildman–Crippen MR) is 215 cm³/mol.